The molecule has 2 nitrogen and oxygen atoms in total. The van der Waals surface area contributed by atoms with E-state index in [0.29, 0.717) is 6.54 Å². The zero-order valence-electron chi connectivity index (χ0n) is 6.64. The minimum Gasteiger partial charge on any atom is -0.320 e. The normalized spacial score (nSPS) is 9.00. The molecule has 0 aliphatic rings. The van der Waals surface area contributed by atoms with Gasteiger partial charge in [-0.2, -0.15) is 0 Å². The molecule has 11 heavy (non-hydrogen) atoms. The van der Waals surface area contributed by atoms with Crippen LogP contribution in [-0.2, 0) is 0 Å². The van der Waals surface area contributed by atoms with Crippen molar-refractivity contribution in [1.29, 1.82) is 0 Å². The Hall–Kier alpha value is -0.850. The Morgan fingerprint density at radius 1 is 1.55 bits per heavy atom. The van der Waals surface area contributed by atoms with Crippen LogP contribution in [0.3, 0.4) is 0 Å². The van der Waals surface area contributed by atoms with E-state index in [4.69, 9.17) is 5.73 Å². The van der Waals surface area contributed by atoms with E-state index in [9.17, 15) is 0 Å². The molecule has 0 unspecified atom stereocenters. The van der Waals surface area contributed by atoms with Gasteiger partial charge in [-0.3, -0.25) is 0 Å². The van der Waals surface area contributed by atoms with E-state index in [1.54, 1.807) is 11.3 Å². The average Bonchev–Trinajstić information content (AvgIpc) is 2.28. The second-order valence-corrected chi connectivity index (χ2v) is 3.37. The van der Waals surface area contributed by atoms with Crippen molar-refractivity contribution in [2.45, 2.75) is 13.8 Å². The molecule has 0 atom stereocenters. The van der Waals surface area contributed by atoms with Gasteiger partial charge in [0.2, 0.25) is 0 Å². The van der Waals surface area contributed by atoms with E-state index in [1.807, 2.05) is 13.8 Å². The largest absolute Gasteiger partial charge is 0.320 e. The highest BCUT2D eigenvalue weighted by Gasteiger charge is 1.98. The fourth-order valence-corrected chi connectivity index (χ4v) is 1.44. The molecule has 0 aliphatic heterocycles. The zero-order chi connectivity index (χ0) is 8.27. The Balaban J connectivity index is 2.89. The highest BCUT2D eigenvalue weighted by atomic mass is 32.1. The third-order valence-corrected chi connectivity index (χ3v) is 2.31. The topological polar surface area (TPSA) is 38.9 Å². The molecule has 0 bridgehead atoms. The Kier molecular flexibility index (Phi) is 2.64. The third kappa shape index (κ3) is 2.04. The van der Waals surface area contributed by atoms with Crippen LogP contribution in [0, 0.1) is 25.7 Å². The van der Waals surface area contributed by atoms with E-state index >= 15 is 0 Å². The summed E-state index contributed by atoms with van der Waals surface area (Å²) in [4.78, 5) is 5.47. The summed E-state index contributed by atoms with van der Waals surface area (Å²) in [5.41, 5.74) is 6.29. The van der Waals surface area contributed by atoms with Crippen molar-refractivity contribution in [3.05, 3.63) is 15.6 Å². The molecule has 0 aliphatic carbocycles. The molecule has 1 heterocycles. The van der Waals surface area contributed by atoms with Gasteiger partial charge in [0.1, 0.15) is 0 Å². The first kappa shape index (κ1) is 8.25. The van der Waals surface area contributed by atoms with Crippen LogP contribution in [0.4, 0.5) is 0 Å². The van der Waals surface area contributed by atoms with Crippen LogP contribution in [0.2, 0.25) is 0 Å². The number of hydrogen-bond acceptors (Lipinski definition) is 3. The van der Waals surface area contributed by atoms with E-state index < -0.39 is 0 Å². The van der Waals surface area contributed by atoms with Crippen molar-refractivity contribution >= 4 is 11.3 Å². The molecule has 0 fully saturated rings. The molecule has 0 aromatic carbocycles. The number of hydrogen-bond donors (Lipinski definition) is 1. The Labute approximate surface area is 70.5 Å². The molecule has 1 rings (SSSR count). The summed E-state index contributed by atoms with van der Waals surface area (Å²) in [5.74, 6) is 5.67. The molecule has 0 amide bonds. The van der Waals surface area contributed by atoms with Crippen LogP contribution in [-0.4, -0.2) is 11.5 Å². The van der Waals surface area contributed by atoms with E-state index in [-0.39, 0.29) is 0 Å². The molecule has 0 radical (unpaired) electrons. The molecule has 0 saturated carbocycles. The number of aryl methyl sites for hydroxylation is 2. The predicted octanol–water partition coefficient (Wildman–Crippen LogP) is 1.07. The second-order valence-electron chi connectivity index (χ2n) is 2.17. The first-order valence-corrected chi connectivity index (χ1v) is 4.18. The van der Waals surface area contributed by atoms with Gasteiger partial charge in [-0.25, -0.2) is 4.98 Å². The maximum absolute atomic E-state index is 5.22. The molecule has 1 aromatic rings. The fourth-order valence-electron chi connectivity index (χ4n) is 0.653. The van der Waals surface area contributed by atoms with Gasteiger partial charge in [0.05, 0.1) is 12.2 Å². The van der Waals surface area contributed by atoms with Crippen molar-refractivity contribution in [2.24, 2.45) is 5.73 Å². The highest BCUT2D eigenvalue weighted by Crippen LogP contribution is 2.14. The summed E-state index contributed by atoms with van der Waals surface area (Å²) in [7, 11) is 0. The molecule has 0 spiro atoms. The van der Waals surface area contributed by atoms with Gasteiger partial charge in [-0.15, -0.1) is 11.3 Å². The SMILES string of the molecule is Cc1nc(C#CCN)sc1C. The molecule has 3 heteroatoms. The van der Waals surface area contributed by atoms with Crippen molar-refractivity contribution in [1.82, 2.24) is 4.98 Å². The van der Waals surface area contributed by atoms with Crippen LogP contribution < -0.4 is 5.73 Å². The van der Waals surface area contributed by atoms with Gasteiger partial charge in [0.15, 0.2) is 5.01 Å². The summed E-state index contributed by atoms with van der Waals surface area (Å²) >= 11 is 1.61. The van der Waals surface area contributed by atoms with Crippen molar-refractivity contribution in [2.75, 3.05) is 6.54 Å². The lowest BCUT2D eigenvalue weighted by atomic mass is 10.4. The van der Waals surface area contributed by atoms with Gasteiger partial charge in [0.25, 0.3) is 0 Å². The lowest BCUT2D eigenvalue weighted by Gasteiger charge is -1.77. The van der Waals surface area contributed by atoms with Gasteiger partial charge in [-0.1, -0.05) is 5.92 Å². The molecule has 0 saturated heterocycles. The number of thiazole rings is 1. The van der Waals surface area contributed by atoms with Crippen molar-refractivity contribution < 1.29 is 0 Å². The van der Waals surface area contributed by atoms with E-state index in [2.05, 4.69) is 16.8 Å². The molecule has 1 aromatic heterocycles. The smallest absolute Gasteiger partial charge is 0.167 e. The average molecular weight is 166 g/mol. The number of aromatic nitrogens is 1. The van der Waals surface area contributed by atoms with Gasteiger partial charge >= 0.3 is 0 Å². The summed E-state index contributed by atoms with van der Waals surface area (Å²) < 4.78 is 0. The number of rotatable bonds is 0. The summed E-state index contributed by atoms with van der Waals surface area (Å²) in [6.45, 7) is 4.43. The van der Waals surface area contributed by atoms with Crippen LogP contribution in [0.5, 0.6) is 0 Å². The lowest BCUT2D eigenvalue weighted by Crippen LogP contribution is -1.92. The maximum Gasteiger partial charge on any atom is 0.167 e. The minimum atomic E-state index is 0.400. The highest BCUT2D eigenvalue weighted by molar-refractivity contribution is 7.12. The van der Waals surface area contributed by atoms with Crippen molar-refractivity contribution in [3.63, 3.8) is 0 Å². The zero-order valence-corrected chi connectivity index (χ0v) is 7.46. The molecular formula is C8H10N2S. The van der Waals surface area contributed by atoms with Crippen LogP contribution in [0.1, 0.15) is 15.6 Å². The minimum absolute atomic E-state index is 0.400. The summed E-state index contributed by atoms with van der Waals surface area (Å²) in [6, 6.07) is 0. The second kappa shape index (κ2) is 3.51. The van der Waals surface area contributed by atoms with Crippen LogP contribution in [0.15, 0.2) is 0 Å². The molecule has 2 N–H and O–H groups in total. The summed E-state index contributed by atoms with van der Waals surface area (Å²) in [6.07, 6.45) is 0. The Morgan fingerprint density at radius 3 is 2.73 bits per heavy atom. The number of nitrogens with zero attached hydrogens (tertiary/aromatic N) is 1. The van der Waals surface area contributed by atoms with Crippen LogP contribution >= 0.6 is 11.3 Å². The van der Waals surface area contributed by atoms with Gasteiger partial charge < -0.3 is 5.73 Å². The third-order valence-electron chi connectivity index (χ3n) is 1.33. The molecule has 58 valence electrons. The predicted molar refractivity (Wildman–Crippen MR) is 47.5 cm³/mol. The standard InChI is InChI=1S/C8H10N2S/c1-6-7(2)11-8(10-6)4-3-5-9/h5,9H2,1-2H3. The summed E-state index contributed by atoms with van der Waals surface area (Å²) in [5, 5.41) is 0.866. The maximum atomic E-state index is 5.22. The first-order valence-electron chi connectivity index (χ1n) is 3.37. The van der Waals surface area contributed by atoms with E-state index in [1.165, 1.54) is 4.88 Å². The van der Waals surface area contributed by atoms with Crippen LogP contribution in [0.25, 0.3) is 0 Å². The monoisotopic (exact) mass is 166 g/mol. The lowest BCUT2D eigenvalue weighted by molar-refractivity contribution is 1.21. The first-order chi connectivity index (χ1) is 5.24. The van der Waals surface area contributed by atoms with Gasteiger partial charge in [0, 0.05) is 4.88 Å². The quantitative estimate of drug-likeness (QED) is 0.585. The number of nitrogens with two attached hydrogens (primary N) is 1. The fraction of sp³-hybridized carbons (Fsp3) is 0.375. The van der Waals surface area contributed by atoms with E-state index in [0.717, 1.165) is 10.7 Å². The van der Waals surface area contributed by atoms with Crippen molar-refractivity contribution in [3.8, 4) is 11.8 Å². The Morgan fingerprint density at radius 2 is 2.27 bits per heavy atom. The van der Waals surface area contributed by atoms with Gasteiger partial charge in [-0.05, 0) is 19.8 Å². The molecular weight excluding hydrogens is 156 g/mol. The Bertz CT molecular complexity index is 284.